The lowest BCUT2D eigenvalue weighted by atomic mass is 10.2. The number of imidazole rings is 1. The fourth-order valence-corrected chi connectivity index (χ4v) is 4.36. The van der Waals surface area contributed by atoms with E-state index in [1.54, 1.807) is 12.4 Å². The number of carboxylic acid groups (broad SMARTS) is 1. The molecule has 3 rings (SSSR count). The number of hydrogen-bond acceptors (Lipinski definition) is 5. The quantitative estimate of drug-likeness (QED) is 0.876. The molecule has 0 radical (unpaired) electrons. The Bertz CT molecular complexity index is 623. The Kier molecular flexibility index (Phi) is 4.16. The summed E-state index contributed by atoms with van der Waals surface area (Å²) in [6.45, 7) is 0. The lowest BCUT2D eigenvalue weighted by Crippen LogP contribution is -2.17. The van der Waals surface area contributed by atoms with Gasteiger partial charge in [-0.1, -0.05) is 11.8 Å². The number of aromatic nitrogens is 3. The first-order valence-corrected chi connectivity index (χ1v) is 8.64. The topological polar surface area (TPSA) is 68.0 Å². The van der Waals surface area contributed by atoms with Gasteiger partial charge >= 0.3 is 5.97 Å². The van der Waals surface area contributed by atoms with Gasteiger partial charge in [-0.25, -0.2) is 4.98 Å². The molecular formula is C13H15N3O2S2. The van der Waals surface area contributed by atoms with E-state index in [4.69, 9.17) is 5.11 Å². The number of carbonyl (C=O) groups is 1. The average Bonchev–Trinajstić information content (AvgIpc) is 2.84. The number of rotatable bonds is 4. The number of fused-ring (bicyclic) bond motifs is 1. The van der Waals surface area contributed by atoms with E-state index >= 15 is 0 Å². The summed E-state index contributed by atoms with van der Waals surface area (Å²) in [5.74, 6) is 1.50. The van der Waals surface area contributed by atoms with Crippen LogP contribution in [0.1, 0.15) is 18.9 Å². The summed E-state index contributed by atoms with van der Waals surface area (Å²) in [4.78, 5) is 19.5. The summed E-state index contributed by atoms with van der Waals surface area (Å²) in [5, 5.41) is 9.67. The largest absolute Gasteiger partial charge is 0.481 e. The molecule has 1 saturated heterocycles. The predicted molar refractivity (Wildman–Crippen MR) is 81.5 cm³/mol. The highest BCUT2D eigenvalue weighted by Crippen LogP contribution is 2.34. The van der Waals surface area contributed by atoms with E-state index in [0.717, 1.165) is 28.4 Å². The van der Waals surface area contributed by atoms with Gasteiger partial charge in [0, 0.05) is 18.0 Å². The molecule has 0 aromatic carbocycles. The second-order valence-electron chi connectivity index (χ2n) is 4.68. The van der Waals surface area contributed by atoms with Gasteiger partial charge in [0.05, 0.1) is 17.5 Å². The summed E-state index contributed by atoms with van der Waals surface area (Å²) in [6, 6.07) is 2.37. The molecule has 2 aromatic heterocycles. The minimum absolute atomic E-state index is 0.0383. The maximum absolute atomic E-state index is 10.8. The first-order chi connectivity index (χ1) is 9.75. The Morgan fingerprint density at radius 1 is 1.60 bits per heavy atom. The van der Waals surface area contributed by atoms with E-state index in [1.807, 2.05) is 17.8 Å². The first-order valence-electron chi connectivity index (χ1n) is 6.50. The molecule has 1 aliphatic heterocycles. The zero-order valence-electron chi connectivity index (χ0n) is 10.9. The van der Waals surface area contributed by atoms with Crippen LogP contribution >= 0.6 is 23.5 Å². The minimum Gasteiger partial charge on any atom is -0.481 e. The normalized spacial score (nSPS) is 19.3. The molecule has 5 nitrogen and oxygen atoms in total. The van der Waals surface area contributed by atoms with Crippen LogP contribution in [0.3, 0.4) is 0 Å². The van der Waals surface area contributed by atoms with Crippen molar-refractivity contribution >= 4 is 40.5 Å². The number of thioether (sulfide) groups is 2. The van der Waals surface area contributed by atoms with Crippen molar-refractivity contribution in [3.05, 3.63) is 18.5 Å². The van der Waals surface area contributed by atoms with Crippen molar-refractivity contribution in [1.82, 2.24) is 14.5 Å². The Balaban J connectivity index is 2.00. The van der Waals surface area contributed by atoms with Crippen molar-refractivity contribution < 1.29 is 9.90 Å². The average molecular weight is 309 g/mol. The highest BCUT2D eigenvalue weighted by Gasteiger charge is 2.22. The molecule has 7 heteroatoms. The zero-order chi connectivity index (χ0) is 13.9. The lowest BCUT2D eigenvalue weighted by Gasteiger charge is -2.24. The molecule has 0 spiro atoms. The third kappa shape index (κ3) is 2.78. The van der Waals surface area contributed by atoms with Crippen LogP contribution in [0.2, 0.25) is 0 Å². The van der Waals surface area contributed by atoms with Gasteiger partial charge in [-0.2, -0.15) is 11.8 Å². The molecule has 1 atom stereocenters. The molecule has 0 amide bonds. The van der Waals surface area contributed by atoms with Crippen molar-refractivity contribution in [2.75, 3.05) is 17.3 Å². The van der Waals surface area contributed by atoms with Gasteiger partial charge in [0.1, 0.15) is 5.52 Å². The third-order valence-electron chi connectivity index (χ3n) is 3.29. The van der Waals surface area contributed by atoms with E-state index in [0.29, 0.717) is 6.04 Å². The standard InChI is InChI=1S/C13H15N3O2S2/c17-12(18)8-20-13-15-10-6-14-4-3-11(10)16(13)9-2-1-5-19-7-9/h3-4,6,9H,1-2,5,7-8H2,(H,17,18). The van der Waals surface area contributed by atoms with Crippen molar-refractivity contribution in [3.63, 3.8) is 0 Å². The van der Waals surface area contributed by atoms with Crippen molar-refractivity contribution in [1.29, 1.82) is 0 Å². The number of pyridine rings is 1. The Labute approximate surface area is 125 Å². The van der Waals surface area contributed by atoms with E-state index in [2.05, 4.69) is 14.5 Å². The molecule has 2 aromatic rings. The molecule has 3 heterocycles. The molecule has 1 N–H and O–H groups in total. The van der Waals surface area contributed by atoms with E-state index in [-0.39, 0.29) is 5.75 Å². The predicted octanol–water partition coefficient (Wildman–Crippen LogP) is 2.68. The van der Waals surface area contributed by atoms with E-state index < -0.39 is 5.97 Å². The summed E-state index contributed by atoms with van der Waals surface area (Å²) in [5.41, 5.74) is 1.90. The lowest BCUT2D eigenvalue weighted by molar-refractivity contribution is -0.133. The highest BCUT2D eigenvalue weighted by atomic mass is 32.2. The molecule has 106 valence electrons. The van der Waals surface area contributed by atoms with Crippen LogP contribution in [0.15, 0.2) is 23.6 Å². The van der Waals surface area contributed by atoms with E-state index in [9.17, 15) is 4.79 Å². The highest BCUT2D eigenvalue weighted by molar-refractivity contribution is 8.00. The van der Waals surface area contributed by atoms with Gasteiger partial charge in [0.2, 0.25) is 0 Å². The SMILES string of the molecule is O=C(O)CSc1nc2cnccc2n1C1CCCSC1. The van der Waals surface area contributed by atoms with Gasteiger partial charge in [-0.3, -0.25) is 9.78 Å². The summed E-state index contributed by atoms with van der Waals surface area (Å²) < 4.78 is 2.21. The molecule has 20 heavy (non-hydrogen) atoms. The van der Waals surface area contributed by atoms with Crippen LogP contribution in [0.4, 0.5) is 0 Å². The number of aliphatic carboxylic acids is 1. The van der Waals surface area contributed by atoms with E-state index in [1.165, 1.54) is 23.9 Å². The number of carboxylic acids is 1. The number of nitrogens with zero attached hydrogens (tertiary/aromatic N) is 3. The Morgan fingerprint density at radius 3 is 3.25 bits per heavy atom. The van der Waals surface area contributed by atoms with Crippen LogP contribution in [0.25, 0.3) is 11.0 Å². The molecule has 0 aliphatic carbocycles. The van der Waals surface area contributed by atoms with Gasteiger partial charge < -0.3 is 9.67 Å². The third-order valence-corrected chi connectivity index (χ3v) is 5.42. The zero-order valence-corrected chi connectivity index (χ0v) is 12.5. The second kappa shape index (κ2) is 6.05. The summed E-state index contributed by atoms with van der Waals surface area (Å²) in [7, 11) is 0. The van der Waals surface area contributed by atoms with Crippen molar-refractivity contribution in [3.8, 4) is 0 Å². The Hall–Kier alpha value is -1.21. The molecular weight excluding hydrogens is 294 g/mol. The van der Waals surface area contributed by atoms with Crippen LogP contribution in [-0.2, 0) is 4.79 Å². The molecule has 1 unspecified atom stereocenters. The smallest absolute Gasteiger partial charge is 0.313 e. The molecule has 0 bridgehead atoms. The summed E-state index contributed by atoms with van der Waals surface area (Å²) in [6.07, 6.45) is 5.83. The van der Waals surface area contributed by atoms with Crippen LogP contribution < -0.4 is 0 Å². The maximum Gasteiger partial charge on any atom is 0.313 e. The van der Waals surface area contributed by atoms with Gasteiger partial charge in [-0.15, -0.1) is 0 Å². The first kappa shape index (κ1) is 13.8. The van der Waals surface area contributed by atoms with Gasteiger partial charge in [0.15, 0.2) is 5.16 Å². The Morgan fingerprint density at radius 2 is 2.50 bits per heavy atom. The minimum atomic E-state index is -0.815. The fourth-order valence-electron chi connectivity index (χ4n) is 2.44. The molecule has 1 aliphatic rings. The van der Waals surface area contributed by atoms with Gasteiger partial charge in [0.25, 0.3) is 0 Å². The molecule has 0 saturated carbocycles. The molecule has 1 fully saturated rings. The number of hydrogen-bond donors (Lipinski definition) is 1. The monoisotopic (exact) mass is 309 g/mol. The van der Waals surface area contributed by atoms with Crippen LogP contribution in [0, 0.1) is 0 Å². The summed E-state index contributed by atoms with van der Waals surface area (Å²) >= 11 is 3.24. The van der Waals surface area contributed by atoms with Crippen molar-refractivity contribution in [2.24, 2.45) is 0 Å². The maximum atomic E-state index is 10.8. The second-order valence-corrected chi connectivity index (χ2v) is 6.77. The van der Waals surface area contributed by atoms with Crippen molar-refractivity contribution in [2.45, 2.75) is 24.0 Å². The van der Waals surface area contributed by atoms with Crippen LogP contribution in [-0.4, -0.2) is 42.9 Å². The van der Waals surface area contributed by atoms with Crippen LogP contribution in [0.5, 0.6) is 0 Å². The fraction of sp³-hybridized carbons (Fsp3) is 0.462. The van der Waals surface area contributed by atoms with Gasteiger partial charge in [-0.05, 0) is 24.7 Å².